The first kappa shape index (κ1) is 13.5. The molecule has 0 radical (unpaired) electrons. The lowest BCUT2D eigenvalue weighted by atomic mass is 10.2. The fourth-order valence-corrected chi connectivity index (χ4v) is 2.84. The first-order valence-corrected chi connectivity index (χ1v) is 7.49. The molecular weight excluding hydrogens is 286 g/mol. The van der Waals surface area contributed by atoms with Crippen LogP contribution in [-0.2, 0) is 11.3 Å². The average Bonchev–Trinajstić information content (AvgIpc) is 2.98. The van der Waals surface area contributed by atoms with E-state index in [9.17, 15) is 4.79 Å². The van der Waals surface area contributed by atoms with Crippen LogP contribution in [0.4, 0.5) is 5.69 Å². The normalized spacial score (nSPS) is 11.0. The van der Waals surface area contributed by atoms with Crippen LogP contribution in [0, 0.1) is 0 Å². The molecule has 4 aromatic rings. The van der Waals surface area contributed by atoms with Gasteiger partial charge >= 0.3 is 0 Å². The number of pyridine rings is 1. The Balaban J connectivity index is 1.60. The molecule has 4 rings (SSSR count). The van der Waals surface area contributed by atoms with E-state index in [1.807, 2.05) is 71.4 Å². The Kier molecular flexibility index (Phi) is 3.27. The zero-order chi connectivity index (χ0) is 15.6. The van der Waals surface area contributed by atoms with Gasteiger partial charge in [-0.15, -0.1) is 0 Å². The van der Waals surface area contributed by atoms with Crippen molar-refractivity contribution in [3.05, 3.63) is 73.1 Å². The van der Waals surface area contributed by atoms with Crippen molar-refractivity contribution in [2.75, 3.05) is 5.32 Å². The Hall–Kier alpha value is -3.14. The minimum absolute atomic E-state index is 0.0530. The topological polar surface area (TPSA) is 46.9 Å². The standard InChI is InChI=1S/C19H15N3O/c23-19(13-22-12-10-14-5-1-2-9-18(14)22)21-17-8-3-7-16-15(17)6-4-11-20-16/h1-12H,13H2,(H,21,23). The van der Waals surface area contributed by atoms with Crippen molar-refractivity contribution in [1.29, 1.82) is 0 Å². The number of carbonyl (C=O) groups is 1. The van der Waals surface area contributed by atoms with Crippen LogP contribution < -0.4 is 5.32 Å². The minimum Gasteiger partial charge on any atom is -0.338 e. The molecular formula is C19H15N3O. The largest absolute Gasteiger partial charge is 0.338 e. The fourth-order valence-electron chi connectivity index (χ4n) is 2.84. The summed E-state index contributed by atoms with van der Waals surface area (Å²) >= 11 is 0. The smallest absolute Gasteiger partial charge is 0.244 e. The van der Waals surface area contributed by atoms with Crippen LogP contribution in [0.5, 0.6) is 0 Å². The van der Waals surface area contributed by atoms with Gasteiger partial charge in [-0.3, -0.25) is 9.78 Å². The predicted octanol–water partition coefficient (Wildman–Crippen LogP) is 3.83. The van der Waals surface area contributed by atoms with Gasteiger partial charge in [0.1, 0.15) is 6.54 Å². The van der Waals surface area contributed by atoms with Crippen molar-refractivity contribution in [3.8, 4) is 0 Å². The van der Waals surface area contributed by atoms with E-state index in [-0.39, 0.29) is 12.5 Å². The third kappa shape index (κ3) is 2.55. The van der Waals surface area contributed by atoms with Gasteiger partial charge in [0.2, 0.25) is 5.91 Å². The van der Waals surface area contributed by atoms with E-state index in [2.05, 4.69) is 10.3 Å². The van der Waals surface area contributed by atoms with Gasteiger partial charge in [0.15, 0.2) is 0 Å². The summed E-state index contributed by atoms with van der Waals surface area (Å²) in [5.41, 5.74) is 2.72. The Morgan fingerprint density at radius 2 is 1.91 bits per heavy atom. The highest BCUT2D eigenvalue weighted by molar-refractivity contribution is 6.01. The number of rotatable bonds is 3. The van der Waals surface area contributed by atoms with E-state index in [4.69, 9.17) is 0 Å². The van der Waals surface area contributed by atoms with Gasteiger partial charge in [-0.25, -0.2) is 0 Å². The molecule has 4 heteroatoms. The number of aromatic nitrogens is 2. The van der Waals surface area contributed by atoms with Crippen molar-refractivity contribution in [2.24, 2.45) is 0 Å². The maximum Gasteiger partial charge on any atom is 0.244 e. The molecule has 1 N–H and O–H groups in total. The molecule has 23 heavy (non-hydrogen) atoms. The number of para-hydroxylation sites is 1. The second kappa shape index (κ2) is 5.57. The molecule has 112 valence electrons. The van der Waals surface area contributed by atoms with Crippen LogP contribution in [0.25, 0.3) is 21.8 Å². The number of anilines is 1. The number of carbonyl (C=O) groups excluding carboxylic acids is 1. The summed E-state index contributed by atoms with van der Waals surface area (Å²) in [6.45, 7) is 0.282. The molecule has 0 saturated heterocycles. The Morgan fingerprint density at radius 3 is 2.87 bits per heavy atom. The third-order valence-corrected chi connectivity index (χ3v) is 3.91. The van der Waals surface area contributed by atoms with E-state index in [0.717, 1.165) is 27.5 Å². The molecule has 2 aromatic heterocycles. The van der Waals surface area contributed by atoms with Crippen LogP contribution in [-0.4, -0.2) is 15.5 Å². The molecule has 0 fully saturated rings. The third-order valence-electron chi connectivity index (χ3n) is 3.91. The molecule has 4 nitrogen and oxygen atoms in total. The monoisotopic (exact) mass is 301 g/mol. The Bertz CT molecular complexity index is 998. The highest BCUT2D eigenvalue weighted by Crippen LogP contribution is 2.21. The van der Waals surface area contributed by atoms with Gasteiger partial charge in [0, 0.05) is 23.3 Å². The second-order valence-corrected chi connectivity index (χ2v) is 5.43. The van der Waals surface area contributed by atoms with Crippen LogP contribution in [0.2, 0.25) is 0 Å². The van der Waals surface area contributed by atoms with Gasteiger partial charge in [-0.05, 0) is 41.8 Å². The zero-order valence-electron chi connectivity index (χ0n) is 12.4. The molecule has 0 aliphatic heterocycles. The van der Waals surface area contributed by atoms with Gasteiger partial charge in [-0.1, -0.05) is 24.3 Å². The van der Waals surface area contributed by atoms with E-state index in [1.54, 1.807) is 6.20 Å². The van der Waals surface area contributed by atoms with Gasteiger partial charge < -0.3 is 9.88 Å². The maximum atomic E-state index is 12.4. The molecule has 0 atom stereocenters. The average molecular weight is 301 g/mol. The lowest BCUT2D eigenvalue weighted by Gasteiger charge is -2.09. The lowest BCUT2D eigenvalue weighted by Crippen LogP contribution is -2.18. The summed E-state index contributed by atoms with van der Waals surface area (Å²) in [4.78, 5) is 16.7. The number of benzene rings is 2. The highest BCUT2D eigenvalue weighted by Gasteiger charge is 2.08. The quantitative estimate of drug-likeness (QED) is 0.625. The number of nitrogens with one attached hydrogen (secondary N) is 1. The number of fused-ring (bicyclic) bond motifs is 2. The summed E-state index contributed by atoms with van der Waals surface area (Å²) in [6.07, 6.45) is 3.69. The number of hydrogen-bond acceptors (Lipinski definition) is 2. The summed E-state index contributed by atoms with van der Waals surface area (Å²) < 4.78 is 1.95. The van der Waals surface area contributed by atoms with E-state index in [1.165, 1.54) is 0 Å². The van der Waals surface area contributed by atoms with E-state index < -0.39 is 0 Å². The number of nitrogens with zero attached hydrogens (tertiary/aromatic N) is 2. The maximum absolute atomic E-state index is 12.4. The number of amides is 1. The van der Waals surface area contributed by atoms with E-state index in [0.29, 0.717) is 0 Å². The molecule has 2 aromatic carbocycles. The molecule has 0 saturated carbocycles. The van der Waals surface area contributed by atoms with Crippen LogP contribution in [0.15, 0.2) is 73.1 Å². The predicted molar refractivity (Wildman–Crippen MR) is 92.3 cm³/mol. The molecule has 0 aliphatic carbocycles. The second-order valence-electron chi connectivity index (χ2n) is 5.43. The minimum atomic E-state index is -0.0530. The highest BCUT2D eigenvalue weighted by atomic mass is 16.1. The van der Waals surface area contributed by atoms with Gasteiger partial charge in [-0.2, -0.15) is 0 Å². The molecule has 1 amide bonds. The Labute approximate surface area is 133 Å². The summed E-state index contributed by atoms with van der Waals surface area (Å²) in [5.74, 6) is -0.0530. The summed E-state index contributed by atoms with van der Waals surface area (Å²) in [7, 11) is 0. The van der Waals surface area contributed by atoms with Crippen molar-refractivity contribution in [3.63, 3.8) is 0 Å². The first-order chi connectivity index (χ1) is 11.3. The molecule has 2 heterocycles. The number of hydrogen-bond donors (Lipinski definition) is 1. The van der Waals surface area contributed by atoms with E-state index >= 15 is 0 Å². The molecule has 0 spiro atoms. The zero-order valence-corrected chi connectivity index (χ0v) is 12.4. The van der Waals surface area contributed by atoms with Crippen molar-refractivity contribution in [2.45, 2.75) is 6.54 Å². The van der Waals surface area contributed by atoms with Crippen LogP contribution in [0.3, 0.4) is 0 Å². The lowest BCUT2D eigenvalue weighted by molar-refractivity contribution is -0.116. The first-order valence-electron chi connectivity index (χ1n) is 7.49. The van der Waals surface area contributed by atoms with Crippen LogP contribution in [0.1, 0.15) is 0 Å². The molecule has 0 unspecified atom stereocenters. The fraction of sp³-hybridized carbons (Fsp3) is 0.0526. The molecule has 0 aliphatic rings. The molecule has 0 bridgehead atoms. The summed E-state index contributed by atoms with van der Waals surface area (Å²) in [5, 5.41) is 5.07. The van der Waals surface area contributed by atoms with Crippen molar-refractivity contribution in [1.82, 2.24) is 9.55 Å². The van der Waals surface area contributed by atoms with Gasteiger partial charge in [0.25, 0.3) is 0 Å². The Morgan fingerprint density at radius 1 is 1.00 bits per heavy atom. The summed E-state index contributed by atoms with van der Waals surface area (Å²) in [6, 6.07) is 19.6. The van der Waals surface area contributed by atoms with Crippen molar-refractivity contribution >= 4 is 33.4 Å². The van der Waals surface area contributed by atoms with Crippen molar-refractivity contribution < 1.29 is 4.79 Å². The van der Waals surface area contributed by atoms with Gasteiger partial charge in [0.05, 0.1) is 11.2 Å². The van der Waals surface area contributed by atoms with Crippen LogP contribution >= 0.6 is 0 Å². The SMILES string of the molecule is O=C(Cn1ccc2ccccc21)Nc1cccc2ncccc12.